The smallest absolute Gasteiger partial charge is 0.276 e. The van der Waals surface area contributed by atoms with Crippen LogP contribution in [0.25, 0.3) is 22.7 Å². The van der Waals surface area contributed by atoms with Crippen LogP contribution in [0, 0.1) is 21.4 Å². The Morgan fingerprint density at radius 1 is 1.26 bits per heavy atom. The summed E-state index contributed by atoms with van der Waals surface area (Å²) in [5.74, 6) is 0.479. The number of para-hydroxylation sites is 3. The minimum atomic E-state index is -0.463. The van der Waals surface area contributed by atoms with Gasteiger partial charge in [-0.15, -0.1) is 0 Å². The van der Waals surface area contributed by atoms with Crippen LogP contribution in [0.15, 0.2) is 48.5 Å². The van der Waals surface area contributed by atoms with Gasteiger partial charge in [-0.25, -0.2) is 4.98 Å². The van der Waals surface area contributed by atoms with Crippen molar-refractivity contribution in [2.75, 3.05) is 0 Å². The summed E-state index contributed by atoms with van der Waals surface area (Å²) in [7, 11) is 1.81. The zero-order valence-corrected chi connectivity index (χ0v) is 12.3. The molecule has 3 rings (SSSR count). The van der Waals surface area contributed by atoms with Crippen LogP contribution < -0.4 is 0 Å². The molecule has 6 heteroatoms. The molecule has 1 heterocycles. The number of benzene rings is 2. The Labute approximate surface area is 132 Å². The van der Waals surface area contributed by atoms with E-state index in [1.165, 1.54) is 12.1 Å². The van der Waals surface area contributed by atoms with E-state index < -0.39 is 4.92 Å². The number of fused-ring (bicyclic) bond motifs is 1. The van der Waals surface area contributed by atoms with Gasteiger partial charge in [-0.3, -0.25) is 10.1 Å². The molecule has 0 aliphatic rings. The molecule has 2 aromatic carbocycles. The average molecular weight is 304 g/mol. The van der Waals surface area contributed by atoms with Gasteiger partial charge < -0.3 is 4.57 Å². The summed E-state index contributed by atoms with van der Waals surface area (Å²) in [6, 6.07) is 15.9. The molecule has 0 unspecified atom stereocenters. The maximum atomic E-state index is 11.1. The Balaban J connectivity index is 2.18. The highest BCUT2D eigenvalue weighted by Gasteiger charge is 2.15. The van der Waals surface area contributed by atoms with Gasteiger partial charge >= 0.3 is 0 Å². The molecule has 0 atom stereocenters. The highest BCUT2D eigenvalue weighted by molar-refractivity contribution is 5.92. The van der Waals surface area contributed by atoms with Crippen LogP contribution in [0.5, 0.6) is 0 Å². The number of nitriles is 1. The topological polar surface area (TPSA) is 84.8 Å². The summed E-state index contributed by atoms with van der Waals surface area (Å²) in [5, 5.41) is 20.6. The quantitative estimate of drug-likeness (QED) is 0.421. The van der Waals surface area contributed by atoms with Crippen molar-refractivity contribution in [1.29, 1.82) is 5.26 Å². The fourth-order valence-corrected chi connectivity index (χ4v) is 2.46. The number of aromatic nitrogens is 2. The molecule has 0 fully saturated rings. The maximum Gasteiger partial charge on any atom is 0.276 e. The summed E-state index contributed by atoms with van der Waals surface area (Å²) in [6.45, 7) is 0. The fraction of sp³-hybridized carbons (Fsp3) is 0.0588. The Bertz CT molecular complexity index is 980. The lowest BCUT2D eigenvalue weighted by atomic mass is 10.1. The van der Waals surface area contributed by atoms with E-state index in [-0.39, 0.29) is 11.3 Å². The van der Waals surface area contributed by atoms with Crippen molar-refractivity contribution >= 4 is 28.4 Å². The van der Waals surface area contributed by atoms with Crippen molar-refractivity contribution in [3.8, 4) is 6.07 Å². The summed E-state index contributed by atoms with van der Waals surface area (Å²) in [6.07, 6.45) is 1.50. The molecule has 3 aromatic rings. The van der Waals surface area contributed by atoms with Gasteiger partial charge in [0.05, 0.1) is 27.1 Å². The third-order valence-corrected chi connectivity index (χ3v) is 3.58. The molecule has 0 spiro atoms. The lowest BCUT2D eigenvalue weighted by Crippen LogP contribution is -1.97. The molecule has 0 aliphatic heterocycles. The van der Waals surface area contributed by atoms with Gasteiger partial charge in [0, 0.05) is 13.1 Å². The van der Waals surface area contributed by atoms with Gasteiger partial charge in [0.1, 0.15) is 6.07 Å². The van der Waals surface area contributed by atoms with Crippen LogP contribution >= 0.6 is 0 Å². The monoisotopic (exact) mass is 304 g/mol. The SMILES string of the molecule is Cn1c(/C(C#N)=C\c2ccccc2[N+](=O)[O-])nc2ccccc21. The molecule has 0 saturated carbocycles. The summed E-state index contributed by atoms with van der Waals surface area (Å²) < 4.78 is 1.80. The van der Waals surface area contributed by atoms with Crippen molar-refractivity contribution < 1.29 is 4.92 Å². The van der Waals surface area contributed by atoms with Crippen molar-refractivity contribution in [3.05, 3.63) is 70.0 Å². The average Bonchev–Trinajstić information content (AvgIpc) is 2.90. The Morgan fingerprint density at radius 3 is 2.65 bits per heavy atom. The predicted molar refractivity (Wildman–Crippen MR) is 87.3 cm³/mol. The van der Waals surface area contributed by atoms with E-state index in [1.54, 1.807) is 22.8 Å². The number of allylic oxidation sites excluding steroid dienone is 1. The first-order chi connectivity index (χ1) is 11.1. The summed E-state index contributed by atoms with van der Waals surface area (Å²) >= 11 is 0. The molecule has 0 amide bonds. The second-order valence-electron chi connectivity index (χ2n) is 4.97. The minimum absolute atomic E-state index is 0.0426. The molecule has 1 aromatic heterocycles. The van der Waals surface area contributed by atoms with Crippen LogP contribution in [-0.4, -0.2) is 14.5 Å². The van der Waals surface area contributed by atoms with Gasteiger partial charge in [-0.1, -0.05) is 24.3 Å². The van der Waals surface area contributed by atoms with Crippen LogP contribution in [0.4, 0.5) is 5.69 Å². The number of hydrogen-bond acceptors (Lipinski definition) is 4. The van der Waals surface area contributed by atoms with E-state index in [0.29, 0.717) is 11.4 Å². The van der Waals surface area contributed by atoms with Crippen molar-refractivity contribution in [3.63, 3.8) is 0 Å². The molecule has 0 aliphatic carbocycles. The minimum Gasteiger partial charge on any atom is -0.327 e. The molecular formula is C17H12N4O2. The standard InChI is InChI=1S/C17H12N4O2/c1-20-16-9-5-3-7-14(16)19-17(20)13(11-18)10-12-6-2-4-8-15(12)21(22)23/h2-10H,1H3/b13-10-. The molecule has 0 bridgehead atoms. The van der Waals surface area contributed by atoms with E-state index in [1.807, 2.05) is 31.3 Å². The van der Waals surface area contributed by atoms with Gasteiger partial charge in [0.2, 0.25) is 0 Å². The fourth-order valence-electron chi connectivity index (χ4n) is 2.46. The third-order valence-electron chi connectivity index (χ3n) is 3.58. The van der Waals surface area contributed by atoms with E-state index >= 15 is 0 Å². The van der Waals surface area contributed by atoms with Crippen LogP contribution in [0.3, 0.4) is 0 Å². The number of imidazole rings is 1. The highest BCUT2D eigenvalue weighted by Crippen LogP contribution is 2.25. The van der Waals surface area contributed by atoms with Crippen LogP contribution in [0.1, 0.15) is 11.4 Å². The molecule has 0 saturated heterocycles. The molecule has 0 N–H and O–H groups in total. The number of aryl methyl sites for hydroxylation is 1. The van der Waals surface area contributed by atoms with Crippen LogP contribution in [0.2, 0.25) is 0 Å². The van der Waals surface area contributed by atoms with E-state index in [9.17, 15) is 15.4 Å². The second kappa shape index (κ2) is 5.73. The van der Waals surface area contributed by atoms with E-state index in [0.717, 1.165) is 11.0 Å². The van der Waals surface area contributed by atoms with Gasteiger partial charge in [0.25, 0.3) is 5.69 Å². The Kier molecular flexibility index (Phi) is 3.61. The van der Waals surface area contributed by atoms with Crippen molar-refractivity contribution in [2.24, 2.45) is 7.05 Å². The number of hydrogen-bond donors (Lipinski definition) is 0. The van der Waals surface area contributed by atoms with Gasteiger partial charge in [-0.2, -0.15) is 5.26 Å². The summed E-state index contributed by atoms with van der Waals surface area (Å²) in [5.41, 5.74) is 2.28. The van der Waals surface area contributed by atoms with E-state index in [4.69, 9.17) is 0 Å². The normalized spacial score (nSPS) is 11.4. The molecule has 23 heavy (non-hydrogen) atoms. The zero-order valence-electron chi connectivity index (χ0n) is 12.3. The molecular weight excluding hydrogens is 292 g/mol. The molecule has 0 radical (unpaired) electrons. The van der Waals surface area contributed by atoms with Gasteiger partial charge in [0.15, 0.2) is 5.82 Å². The number of nitro groups is 1. The van der Waals surface area contributed by atoms with Crippen LogP contribution in [-0.2, 0) is 7.05 Å². The molecule has 6 nitrogen and oxygen atoms in total. The first kappa shape index (κ1) is 14.5. The first-order valence-corrected chi connectivity index (χ1v) is 6.89. The number of rotatable bonds is 3. The number of nitro benzene ring substituents is 1. The predicted octanol–water partition coefficient (Wildman–Crippen LogP) is 3.55. The van der Waals surface area contributed by atoms with Crippen molar-refractivity contribution in [2.45, 2.75) is 0 Å². The zero-order chi connectivity index (χ0) is 16.4. The Hall–Kier alpha value is -3.46. The second-order valence-corrected chi connectivity index (χ2v) is 4.97. The Morgan fingerprint density at radius 2 is 1.96 bits per heavy atom. The van der Waals surface area contributed by atoms with Crippen molar-refractivity contribution in [1.82, 2.24) is 9.55 Å². The lowest BCUT2D eigenvalue weighted by Gasteiger charge is -2.02. The van der Waals surface area contributed by atoms with Gasteiger partial charge in [-0.05, 0) is 24.3 Å². The third kappa shape index (κ3) is 2.56. The maximum absolute atomic E-state index is 11.1. The first-order valence-electron chi connectivity index (χ1n) is 6.89. The highest BCUT2D eigenvalue weighted by atomic mass is 16.6. The summed E-state index contributed by atoms with van der Waals surface area (Å²) in [4.78, 5) is 15.1. The largest absolute Gasteiger partial charge is 0.327 e. The molecule has 112 valence electrons. The number of nitrogens with zero attached hydrogens (tertiary/aromatic N) is 4. The van der Waals surface area contributed by atoms with E-state index in [2.05, 4.69) is 11.1 Å². The lowest BCUT2D eigenvalue weighted by molar-refractivity contribution is -0.385.